The Bertz CT molecular complexity index is 334. The number of rotatable bonds is 4. The predicted octanol–water partition coefficient (Wildman–Crippen LogP) is 2.38. The van der Waals surface area contributed by atoms with E-state index in [0.29, 0.717) is 0 Å². The number of ether oxygens (including phenoxy) is 1. The van der Waals surface area contributed by atoms with Gasteiger partial charge in [0.1, 0.15) is 5.75 Å². The van der Waals surface area contributed by atoms with Crippen LogP contribution in [-0.2, 0) is 4.79 Å². The number of carbonyl (C=O) groups excluding carboxylic acids is 1. The molecule has 0 atom stereocenters. The topological polar surface area (TPSA) is 26.3 Å². The Morgan fingerprint density at radius 1 is 1.20 bits per heavy atom. The smallest absolute Gasteiger partial charge is 0.428 e. The van der Waals surface area contributed by atoms with Gasteiger partial charge in [-0.1, -0.05) is 0 Å². The summed E-state index contributed by atoms with van der Waals surface area (Å²) in [6.45, 7) is 0. The van der Waals surface area contributed by atoms with Crippen LogP contribution in [0.2, 0.25) is 0 Å². The molecule has 0 N–H and O–H groups in total. The van der Waals surface area contributed by atoms with Gasteiger partial charge >= 0.3 is 12.5 Å². The monoisotopic (exact) mass is 221 g/mol. The molecule has 0 unspecified atom stereocenters. The van der Waals surface area contributed by atoms with Crippen LogP contribution < -0.4 is 4.74 Å². The highest BCUT2D eigenvalue weighted by Crippen LogP contribution is 2.27. The van der Waals surface area contributed by atoms with Crippen molar-refractivity contribution in [3.05, 3.63) is 29.8 Å². The first-order valence-corrected chi connectivity index (χ1v) is 3.79. The maximum Gasteiger partial charge on any atom is 0.461 e. The second-order valence-corrected chi connectivity index (χ2v) is 2.59. The fraction of sp³-hybridized carbons (Fsp3) is 0.222. The van der Waals surface area contributed by atoms with Crippen LogP contribution in [0.5, 0.6) is 5.75 Å². The van der Waals surface area contributed by atoms with E-state index in [9.17, 15) is 22.4 Å². The van der Waals surface area contributed by atoms with Gasteiger partial charge in [-0.15, -0.1) is 0 Å². The quantitative estimate of drug-likeness (QED) is 0.729. The first-order chi connectivity index (χ1) is 6.95. The van der Waals surface area contributed by atoms with Crippen LogP contribution in [0.25, 0.3) is 0 Å². The average molecular weight is 221 g/mol. The summed E-state index contributed by atoms with van der Waals surface area (Å²) in [6, 6.07) is 4.22. The van der Waals surface area contributed by atoms with Crippen molar-refractivity contribution in [2.75, 3.05) is 0 Å². The van der Waals surface area contributed by atoms with E-state index in [-0.39, 0.29) is 5.56 Å². The van der Waals surface area contributed by atoms with Gasteiger partial charge in [0.25, 0.3) is 0 Å². The summed E-state index contributed by atoms with van der Waals surface area (Å²) in [4.78, 5) is 10.1. The second kappa shape index (κ2) is 4.29. The van der Waals surface area contributed by atoms with Crippen LogP contribution in [0.15, 0.2) is 24.3 Å². The van der Waals surface area contributed by atoms with Gasteiger partial charge in [-0.05, 0) is 24.3 Å². The molecule has 0 spiro atoms. The molecule has 0 saturated heterocycles. The summed E-state index contributed by atoms with van der Waals surface area (Å²) >= 11 is 0. The Morgan fingerprint density at radius 3 is 2.13 bits per heavy atom. The zero-order valence-electron chi connectivity index (χ0n) is 7.22. The highest BCUT2D eigenvalue weighted by molar-refractivity contribution is 5.75. The predicted molar refractivity (Wildman–Crippen MR) is 42.8 cm³/mol. The molecule has 0 saturated carbocycles. The lowest BCUT2D eigenvalue weighted by Crippen LogP contribution is -2.33. The van der Waals surface area contributed by atoms with E-state index in [1.807, 2.05) is 0 Å². The summed E-state index contributed by atoms with van der Waals surface area (Å²) in [5, 5.41) is 0. The maximum atomic E-state index is 12.4. The molecule has 2 nitrogen and oxygen atoms in total. The highest BCUT2D eigenvalue weighted by Gasteiger charge is 2.43. The zero-order valence-corrected chi connectivity index (χ0v) is 7.22. The lowest BCUT2D eigenvalue weighted by Gasteiger charge is -2.16. The van der Waals surface area contributed by atoms with E-state index in [2.05, 4.69) is 4.74 Å². The van der Waals surface area contributed by atoms with Crippen molar-refractivity contribution >= 4 is 6.29 Å². The Morgan fingerprint density at radius 2 is 1.73 bits per heavy atom. The number of hydrogen-bond acceptors (Lipinski definition) is 2. The molecule has 0 heterocycles. The summed E-state index contributed by atoms with van der Waals surface area (Å²) in [5.74, 6) is -0.445. The molecular formula is C9H5F4O2. The molecule has 1 radical (unpaired) electrons. The molecule has 0 aliphatic heterocycles. The van der Waals surface area contributed by atoms with Gasteiger partial charge in [0, 0.05) is 5.56 Å². The molecule has 81 valence electrons. The lowest BCUT2D eigenvalue weighted by molar-refractivity contribution is -0.253. The SMILES string of the molecule is O=[C]c1ccc(OC(F)(F)C(F)F)cc1. The molecule has 0 bridgehead atoms. The van der Waals surface area contributed by atoms with Crippen LogP contribution in [0.3, 0.4) is 0 Å². The first kappa shape index (κ1) is 11.5. The summed E-state index contributed by atoms with van der Waals surface area (Å²) in [5.41, 5.74) is 0.114. The molecule has 0 aliphatic rings. The number of alkyl halides is 4. The number of halogens is 4. The van der Waals surface area contributed by atoms with E-state index in [4.69, 9.17) is 0 Å². The molecule has 0 aromatic heterocycles. The second-order valence-electron chi connectivity index (χ2n) is 2.59. The van der Waals surface area contributed by atoms with E-state index in [1.54, 1.807) is 0 Å². The number of benzene rings is 1. The molecule has 0 amide bonds. The molecule has 1 aromatic carbocycles. The molecular weight excluding hydrogens is 216 g/mol. The van der Waals surface area contributed by atoms with E-state index >= 15 is 0 Å². The number of hydrogen-bond donors (Lipinski definition) is 0. The van der Waals surface area contributed by atoms with Crippen molar-refractivity contribution in [3.8, 4) is 5.75 Å². The molecule has 0 fully saturated rings. The van der Waals surface area contributed by atoms with Crippen molar-refractivity contribution in [2.24, 2.45) is 0 Å². The van der Waals surface area contributed by atoms with Crippen LogP contribution in [0.1, 0.15) is 5.56 Å². The zero-order chi connectivity index (χ0) is 11.5. The largest absolute Gasteiger partial charge is 0.461 e. The standard InChI is InChI=1S/C9H5F4O2/c10-8(11)9(12,13)15-7-3-1-6(5-14)2-4-7/h1-4,8H. The molecule has 15 heavy (non-hydrogen) atoms. The van der Waals surface area contributed by atoms with Crippen LogP contribution in [0.4, 0.5) is 17.6 Å². The van der Waals surface area contributed by atoms with Crippen molar-refractivity contribution in [3.63, 3.8) is 0 Å². The normalized spacial score (nSPS) is 11.5. The van der Waals surface area contributed by atoms with Crippen LogP contribution in [0, 0.1) is 0 Å². The van der Waals surface area contributed by atoms with Crippen molar-refractivity contribution in [1.29, 1.82) is 0 Å². The summed E-state index contributed by atoms with van der Waals surface area (Å²) < 4.78 is 51.9. The Hall–Kier alpha value is -1.59. The Labute approximate surface area is 82.5 Å². The van der Waals surface area contributed by atoms with Gasteiger partial charge in [0.15, 0.2) is 0 Å². The lowest BCUT2D eigenvalue weighted by atomic mass is 10.2. The molecule has 1 aromatic rings. The van der Waals surface area contributed by atoms with E-state index in [0.717, 1.165) is 24.3 Å². The van der Waals surface area contributed by atoms with E-state index in [1.165, 1.54) is 6.29 Å². The molecule has 0 aliphatic carbocycles. The summed E-state index contributed by atoms with van der Waals surface area (Å²) in [7, 11) is 0. The van der Waals surface area contributed by atoms with Crippen molar-refractivity contribution < 1.29 is 27.1 Å². The minimum Gasteiger partial charge on any atom is -0.428 e. The maximum absolute atomic E-state index is 12.4. The third kappa shape index (κ3) is 2.93. The van der Waals surface area contributed by atoms with Crippen molar-refractivity contribution in [1.82, 2.24) is 0 Å². The van der Waals surface area contributed by atoms with E-state index < -0.39 is 18.3 Å². The summed E-state index contributed by atoms with van der Waals surface area (Å²) in [6.07, 6.45) is -6.94. The van der Waals surface area contributed by atoms with Gasteiger partial charge < -0.3 is 4.74 Å². The molecule has 6 heteroatoms. The fourth-order valence-electron chi connectivity index (χ4n) is 0.793. The third-order valence-electron chi connectivity index (χ3n) is 1.48. The molecule has 1 rings (SSSR count). The van der Waals surface area contributed by atoms with Crippen LogP contribution in [-0.4, -0.2) is 18.8 Å². The first-order valence-electron chi connectivity index (χ1n) is 3.79. The fourth-order valence-corrected chi connectivity index (χ4v) is 0.793. The van der Waals surface area contributed by atoms with Gasteiger partial charge in [0.2, 0.25) is 6.29 Å². The van der Waals surface area contributed by atoms with Crippen molar-refractivity contribution in [2.45, 2.75) is 12.5 Å². The Balaban J connectivity index is 2.77. The minimum absolute atomic E-state index is 0.114. The average Bonchev–Trinajstić information content (AvgIpc) is 2.18. The Kier molecular flexibility index (Phi) is 3.28. The van der Waals surface area contributed by atoms with Gasteiger partial charge in [-0.25, -0.2) is 0 Å². The van der Waals surface area contributed by atoms with Gasteiger partial charge in [-0.2, -0.15) is 17.6 Å². The highest BCUT2D eigenvalue weighted by atomic mass is 19.3. The third-order valence-corrected chi connectivity index (χ3v) is 1.48. The van der Waals surface area contributed by atoms with Gasteiger partial charge in [0.05, 0.1) is 0 Å². The van der Waals surface area contributed by atoms with Gasteiger partial charge in [-0.3, -0.25) is 4.79 Å². The van der Waals surface area contributed by atoms with Crippen LogP contribution >= 0.6 is 0 Å². The minimum atomic E-state index is -4.54.